The topological polar surface area (TPSA) is 72.5 Å². The van der Waals surface area contributed by atoms with Gasteiger partial charge in [-0.1, -0.05) is 37.6 Å². The predicted molar refractivity (Wildman–Crippen MR) is 97.5 cm³/mol. The molecule has 2 aromatic rings. The quantitative estimate of drug-likeness (QED) is 0.828. The molecule has 2 aromatic carbocycles. The summed E-state index contributed by atoms with van der Waals surface area (Å²) < 4.78 is 31.9. The van der Waals surface area contributed by atoms with Crippen LogP contribution in [0.2, 0.25) is 5.02 Å². The molecule has 5 nitrogen and oxygen atoms in total. The summed E-state index contributed by atoms with van der Waals surface area (Å²) in [5, 5.41) is 0.411. The zero-order valence-electron chi connectivity index (χ0n) is 14.2. The van der Waals surface area contributed by atoms with Gasteiger partial charge in [-0.2, -0.15) is 0 Å². The van der Waals surface area contributed by atoms with Crippen molar-refractivity contribution in [3.8, 4) is 5.75 Å². The SMILES string of the molecule is Cc1ccc(C(C)C)c(OCC(=O)NS(=O)(=O)c2ccc(Cl)cc2)c1. The van der Waals surface area contributed by atoms with Crippen molar-refractivity contribution in [3.05, 3.63) is 58.6 Å². The second-order valence-corrected chi connectivity index (χ2v) is 8.09. The van der Waals surface area contributed by atoms with E-state index in [0.29, 0.717) is 10.8 Å². The Morgan fingerprint density at radius 2 is 1.80 bits per heavy atom. The van der Waals surface area contributed by atoms with Gasteiger partial charge in [0.05, 0.1) is 4.90 Å². The fraction of sp³-hybridized carbons (Fsp3) is 0.278. The molecule has 2 rings (SSSR count). The molecule has 0 atom stereocenters. The number of benzene rings is 2. The van der Waals surface area contributed by atoms with Crippen LogP contribution < -0.4 is 9.46 Å². The zero-order valence-corrected chi connectivity index (χ0v) is 15.8. The van der Waals surface area contributed by atoms with E-state index < -0.39 is 22.5 Å². The average molecular weight is 382 g/mol. The van der Waals surface area contributed by atoms with E-state index in [1.165, 1.54) is 24.3 Å². The summed E-state index contributed by atoms with van der Waals surface area (Å²) in [5.74, 6) is 0.0525. The van der Waals surface area contributed by atoms with Crippen LogP contribution >= 0.6 is 11.6 Å². The minimum Gasteiger partial charge on any atom is -0.483 e. The molecule has 1 N–H and O–H groups in total. The fourth-order valence-corrected chi connectivity index (χ4v) is 3.34. The molecule has 0 bridgehead atoms. The first-order chi connectivity index (χ1) is 11.7. The second kappa shape index (κ2) is 7.89. The molecule has 0 heterocycles. The van der Waals surface area contributed by atoms with Crippen LogP contribution in [-0.4, -0.2) is 20.9 Å². The monoisotopic (exact) mass is 381 g/mol. The lowest BCUT2D eigenvalue weighted by Gasteiger charge is -2.15. The predicted octanol–water partition coefficient (Wildman–Crippen LogP) is 3.66. The van der Waals surface area contributed by atoms with E-state index in [-0.39, 0.29) is 10.8 Å². The maximum Gasteiger partial charge on any atom is 0.271 e. The standard InChI is InChI=1S/C18H20ClNO4S/c1-12(2)16-9-4-13(3)10-17(16)24-11-18(21)20-25(22,23)15-7-5-14(19)6-8-15/h4-10,12H,11H2,1-3H3,(H,20,21). The van der Waals surface area contributed by atoms with Crippen LogP contribution in [-0.2, 0) is 14.8 Å². The lowest BCUT2D eigenvalue weighted by Crippen LogP contribution is -2.34. The summed E-state index contributed by atoms with van der Waals surface area (Å²) in [6, 6.07) is 11.3. The highest BCUT2D eigenvalue weighted by Crippen LogP contribution is 2.27. The van der Waals surface area contributed by atoms with Crippen molar-refractivity contribution < 1.29 is 17.9 Å². The lowest BCUT2D eigenvalue weighted by atomic mass is 10.0. The van der Waals surface area contributed by atoms with E-state index in [1.54, 1.807) is 0 Å². The van der Waals surface area contributed by atoms with E-state index in [0.717, 1.165) is 11.1 Å². The molecule has 0 unspecified atom stereocenters. The number of hydrogen-bond acceptors (Lipinski definition) is 4. The number of carbonyl (C=O) groups excluding carboxylic acids is 1. The normalized spacial score (nSPS) is 11.4. The Hall–Kier alpha value is -2.05. The molecule has 0 aliphatic heterocycles. The third kappa shape index (κ3) is 5.21. The first-order valence-electron chi connectivity index (χ1n) is 7.73. The van der Waals surface area contributed by atoms with Crippen molar-refractivity contribution in [2.45, 2.75) is 31.6 Å². The number of hydrogen-bond donors (Lipinski definition) is 1. The van der Waals surface area contributed by atoms with Crippen LogP contribution in [0.15, 0.2) is 47.4 Å². The summed E-state index contributed by atoms with van der Waals surface area (Å²) in [4.78, 5) is 12.0. The molecular formula is C18H20ClNO4S. The molecule has 0 aliphatic rings. The molecule has 0 radical (unpaired) electrons. The van der Waals surface area contributed by atoms with Crippen molar-refractivity contribution in [1.29, 1.82) is 0 Å². The highest BCUT2D eigenvalue weighted by atomic mass is 35.5. The maximum absolute atomic E-state index is 12.2. The van der Waals surface area contributed by atoms with Crippen molar-refractivity contribution in [1.82, 2.24) is 4.72 Å². The smallest absolute Gasteiger partial charge is 0.271 e. The Morgan fingerprint density at radius 1 is 1.16 bits per heavy atom. The molecule has 7 heteroatoms. The summed E-state index contributed by atoms with van der Waals surface area (Å²) in [6.07, 6.45) is 0. The van der Waals surface area contributed by atoms with Gasteiger partial charge in [-0.3, -0.25) is 4.79 Å². The minimum absolute atomic E-state index is 0.0383. The average Bonchev–Trinajstić information content (AvgIpc) is 2.52. The Kier molecular flexibility index (Phi) is 6.08. The van der Waals surface area contributed by atoms with Crippen molar-refractivity contribution >= 4 is 27.5 Å². The van der Waals surface area contributed by atoms with E-state index in [9.17, 15) is 13.2 Å². The number of amides is 1. The van der Waals surface area contributed by atoms with Crippen LogP contribution in [0.3, 0.4) is 0 Å². The number of sulfonamides is 1. The third-order valence-electron chi connectivity index (χ3n) is 3.52. The first kappa shape index (κ1) is 19.3. The molecule has 0 saturated heterocycles. The molecular weight excluding hydrogens is 362 g/mol. The molecule has 0 fully saturated rings. The second-order valence-electron chi connectivity index (χ2n) is 5.97. The molecule has 25 heavy (non-hydrogen) atoms. The molecule has 0 saturated carbocycles. The van der Waals surface area contributed by atoms with E-state index in [1.807, 2.05) is 43.7 Å². The van der Waals surface area contributed by atoms with E-state index in [4.69, 9.17) is 16.3 Å². The number of ether oxygens (including phenoxy) is 1. The van der Waals surface area contributed by atoms with Gasteiger partial charge < -0.3 is 4.74 Å². The Balaban J connectivity index is 2.06. The van der Waals surface area contributed by atoms with Gasteiger partial charge in [0.2, 0.25) is 0 Å². The number of aryl methyl sites for hydroxylation is 1. The van der Waals surface area contributed by atoms with Crippen molar-refractivity contribution in [3.63, 3.8) is 0 Å². The summed E-state index contributed by atoms with van der Waals surface area (Å²) in [7, 11) is -3.95. The van der Waals surface area contributed by atoms with Gasteiger partial charge in [0, 0.05) is 5.02 Å². The highest BCUT2D eigenvalue weighted by Gasteiger charge is 2.18. The van der Waals surface area contributed by atoms with Crippen LogP contribution in [0.25, 0.3) is 0 Å². The van der Waals surface area contributed by atoms with Gasteiger partial charge in [0.1, 0.15) is 5.75 Å². The van der Waals surface area contributed by atoms with Gasteiger partial charge >= 0.3 is 0 Å². The van der Waals surface area contributed by atoms with Gasteiger partial charge in [-0.15, -0.1) is 0 Å². The minimum atomic E-state index is -3.95. The Morgan fingerprint density at radius 3 is 2.40 bits per heavy atom. The van der Waals surface area contributed by atoms with Gasteiger partial charge in [-0.05, 0) is 54.3 Å². The number of carbonyl (C=O) groups is 1. The third-order valence-corrected chi connectivity index (χ3v) is 5.16. The number of halogens is 1. The summed E-state index contributed by atoms with van der Waals surface area (Å²) in [5.41, 5.74) is 1.95. The van der Waals surface area contributed by atoms with Gasteiger partial charge in [-0.25, -0.2) is 13.1 Å². The zero-order chi connectivity index (χ0) is 18.6. The van der Waals surface area contributed by atoms with Gasteiger partial charge in [0.15, 0.2) is 6.61 Å². The first-order valence-corrected chi connectivity index (χ1v) is 9.59. The molecule has 0 spiro atoms. The van der Waals surface area contributed by atoms with Crippen molar-refractivity contribution in [2.75, 3.05) is 6.61 Å². The largest absolute Gasteiger partial charge is 0.483 e. The van der Waals surface area contributed by atoms with E-state index in [2.05, 4.69) is 0 Å². The maximum atomic E-state index is 12.2. The van der Waals surface area contributed by atoms with Crippen LogP contribution in [0.1, 0.15) is 30.9 Å². The van der Waals surface area contributed by atoms with Crippen molar-refractivity contribution in [2.24, 2.45) is 0 Å². The summed E-state index contributed by atoms with van der Waals surface area (Å²) >= 11 is 5.74. The number of rotatable bonds is 6. The van der Waals surface area contributed by atoms with E-state index >= 15 is 0 Å². The molecule has 1 amide bonds. The summed E-state index contributed by atoms with van der Waals surface area (Å²) in [6.45, 7) is 5.56. The van der Waals surface area contributed by atoms with Crippen LogP contribution in [0.5, 0.6) is 5.75 Å². The molecule has 0 aromatic heterocycles. The number of nitrogens with one attached hydrogen (secondary N) is 1. The Bertz CT molecular complexity index is 861. The van der Waals surface area contributed by atoms with Gasteiger partial charge in [0.25, 0.3) is 15.9 Å². The fourth-order valence-electron chi connectivity index (χ4n) is 2.24. The lowest BCUT2D eigenvalue weighted by molar-refractivity contribution is -0.121. The molecule has 134 valence electrons. The van der Waals surface area contributed by atoms with Crippen LogP contribution in [0.4, 0.5) is 0 Å². The van der Waals surface area contributed by atoms with Crippen LogP contribution in [0, 0.1) is 6.92 Å². The highest BCUT2D eigenvalue weighted by molar-refractivity contribution is 7.90. The molecule has 0 aliphatic carbocycles. The Labute approximate surface area is 153 Å².